The van der Waals surface area contributed by atoms with Crippen molar-refractivity contribution in [1.29, 1.82) is 0 Å². The van der Waals surface area contributed by atoms with Crippen LogP contribution in [0.5, 0.6) is 0 Å². The first kappa shape index (κ1) is 9.24. The summed E-state index contributed by atoms with van der Waals surface area (Å²) in [6, 6.07) is 0. The lowest BCUT2D eigenvalue weighted by atomic mass is 9.88. The van der Waals surface area contributed by atoms with E-state index in [0.29, 0.717) is 0 Å². The second-order valence-electron chi connectivity index (χ2n) is 3.98. The first-order chi connectivity index (χ1) is 6.58. The third kappa shape index (κ3) is 1.41. The van der Waals surface area contributed by atoms with E-state index in [1.165, 1.54) is 0 Å². The molecule has 0 bridgehead atoms. The molecule has 0 aliphatic heterocycles. The number of Topliss-reactive ketones (excluding diaryl/α,β-unsaturated/α-hetero) is 4. The van der Waals surface area contributed by atoms with Crippen LogP contribution < -0.4 is 0 Å². The van der Waals surface area contributed by atoms with E-state index in [0.717, 1.165) is 0 Å². The molecule has 0 radical (unpaired) electrons. The third-order valence-corrected chi connectivity index (χ3v) is 2.95. The zero-order valence-corrected chi connectivity index (χ0v) is 7.62. The molecule has 2 rings (SSSR count). The first-order valence-corrected chi connectivity index (χ1v) is 4.66. The molecule has 0 aromatic heterocycles. The highest BCUT2D eigenvalue weighted by atomic mass is 16.2. The van der Waals surface area contributed by atoms with Gasteiger partial charge in [0.05, 0.1) is 12.8 Å². The van der Waals surface area contributed by atoms with Gasteiger partial charge in [-0.1, -0.05) is 0 Å². The average molecular weight is 194 g/mol. The quantitative estimate of drug-likeness (QED) is 0.554. The molecule has 2 saturated carbocycles. The van der Waals surface area contributed by atoms with Gasteiger partial charge in [0, 0.05) is 24.7 Å². The number of carbonyl (C=O) groups excluding carboxylic acids is 4. The molecule has 2 atom stereocenters. The number of carbonyl (C=O) groups is 4. The van der Waals surface area contributed by atoms with Crippen LogP contribution >= 0.6 is 0 Å². The molecule has 14 heavy (non-hydrogen) atoms. The lowest BCUT2D eigenvalue weighted by molar-refractivity contribution is -0.129. The van der Waals surface area contributed by atoms with Crippen LogP contribution in [0.4, 0.5) is 0 Å². The summed E-state index contributed by atoms with van der Waals surface area (Å²) in [5, 5.41) is 0. The fraction of sp³-hybridized carbons (Fsp3) is 0.600. The maximum atomic E-state index is 11.3. The Bertz CT molecular complexity index is 308. The summed E-state index contributed by atoms with van der Waals surface area (Å²) < 4.78 is 0. The van der Waals surface area contributed by atoms with Gasteiger partial charge in [0.1, 0.15) is 23.1 Å². The lowest BCUT2D eigenvalue weighted by Gasteiger charge is -2.12. The van der Waals surface area contributed by atoms with E-state index in [9.17, 15) is 19.2 Å². The minimum Gasteiger partial charge on any atom is -0.299 e. The Balaban J connectivity index is 2.16. The van der Waals surface area contributed by atoms with Crippen LogP contribution in [-0.2, 0) is 19.2 Å². The normalized spacial score (nSPS) is 33.1. The van der Waals surface area contributed by atoms with Crippen LogP contribution in [0.15, 0.2) is 0 Å². The van der Waals surface area contributed by atoms with Crippen molar-refractivity contribution in [1.82, 2.24) is 0 Å². The first-order valence-electron chi connectivity index (χ1n) is 4.66. The van der Waals surface area contributed by atoms with Crippen LogP contribution in [-0.4, -0.2) is 23.1 Å². The standard InChI is InChI=1S/C10H10O4/c11-5-1-7(9(13)3-5)8-2-6(12)4-10(8)14/h7-8H,1-4H2. The predicted molar refractivity (Wildman–Crippen MR) is 45.5 cm³/mol. The molecule has 2 aliphatic carbocycles. The van der Waals surface area contributed by atoms with Gasteiger partial charge in [-0.15, -0.1) is 0 Å². The van der Waals surface area contributed by atoms with E-state index in [-0.39, 0.29) is 48.8 Å². The molecule has 0 aromatic carbocycles. The highest BCUT2D eigenvalue weighted by molar-refractivity contribution is 6.13. The van der Waals surface area contributed by atoms with Crippen molar-refractivity contribution in [3.8, 4) is 0 Å². The lowest BCUT2D eigenvalue weighted by Crippen LogP contribution is -2.22. The van der Waals surface area contributed by atoms with Crippen LogP contribution in [0.25, 0.3) is 0 Å². The molecule has 2 aliphatic rings. The van der Waals surface area contributed by atoms with Gasteiger partial charge in [-0.05, 0) is 0 Å². The maximum absolute atomic E-state index is 11.3. The molecule has 0 N–H and O–H groups in total. The van der Waals surface area contributed by atoms with Crippen LogP contribution in [0.1, 0.15) is 25.7 Å². The van der Waals surface area contributed by atoms with E-state index in [4.69, 9.17) is 0 Å². The Morgan fingerprint density at radius 3 is 1.29 bits per heavy atom. The van der Waals surface area contributed by atoms with Gasteiger partial charge >= 0.3 is 0 Å². The van der Waals surface area contributed by atoms with Crippen molar-refractivity contribution in [2.45, 2.75) is 25.7 Å². The Morgan fingerprint density at radius 2 is 1.07 bits per heavy atom. The Morgan fingerprint density at radius 1 is 0.714 bits per heavy atom. The van der Waals surface area contributed by atoms with E-state index >= 15 is 0 Å². The van der Waals surface area contributed by atoms with Gasteiger partial charge in [0.25, 0.3) is 0 Å². The summed E-state index contributed by atoms with van der Waals surface area (Å²) in [5.74, 6) is -1.53. The molecule has 74 valence electrons. The van der Waals surface area contributed by atoms with Crippen LogP contribution in [0.2, 0.25) is 0 Å². The summed E-state index contributed by atoms with van der Waals surface area (Å²) >= 11 is 0. The zero-order chi connectivity index (χ0) is 10.3. The number of ketones is 4. The van der Waals surface area contributed by atoms with Crippen molar-refractivity contribution in [2.75, 3.05) is 0 Å². The molecule has 2 fully saturated rings. The second kappa shape index (κ2) is 3.12. The topological polar surface area (TPSA) is 68.3 Å². The monoisotopic (exact) mass is 194 g/mol. The fourth-order valence-electron chi connectivity index (χ4n) is 2.25. The maximum Gasteiger partial charge on any atom is 0.144 e. The SMILES string of the molecule is O=C1CC(=O)C(C2CC(=O)CC2=O)C1. The number of hydrogen-bond acceptors (Lipinski definition) is 4. The summed E-state index contributed by atoms with van der Waals surface area (Å²) in [6.07, 6.45) is 0.205. The van der Waals surface area contributed by atoms with Crippen molar-refractivity contribution in [2.24, 2.45) is 11.8 Å². The average Bonchev–Trinajstić information content (AvgIpc) is 2.55. The van der Waals surface area contributed by atoms with Crippen molar-refractivity contribution >= 4 is 23.1 Å². The zero-order valence-electron chi connectivity index (χ0n) is 7.62. The van der Waals surface area contributed by atoms with E-state index in [2.05, 4.69) is 0 Å². The minimum atomic E-state index is -0.499. The summed E-state index contributed by atoms with van der Waals surface area (Å²) in [4.78, 5) is 44.7. The highest BCUT2D eigenvalue weighted by Gasteiger charge is 2.44. The number of hydrogen-bond donors (Lipinski definition) is 0. The van der Waals surface area contributed by atoms with E-state index in [1.54, 1.807) is 0 Å². The van der Waals surface area contributed by atoms with E-state index < -0.39 is 11.8 Å². The third-order valence-electron chi connectivity index (χ3n) is 2.95. The van der Waals surface area contributed by atoms with Gasteiger partial charge in [-0.25, -0.2) is 0 Å². The summed E-state index contributed by atoms with van der Waals surface area (Å²) in [5.41, 5.74) is 0. The summed E-state index contributed by atoms with van der Waals surface area (Å²) in [7, 11) is 0. The van der Waals surface area contributed by atoms with Crippen LogP contribution in [0.3, 0.4) is 0 Å². The molecule has 0 aromatic rings. The molecule has 4 nitrogen and oxygen atoms in total. The largest absolute Gasteiger partial charge is 0.299 e. The molecule has 0 heterocycles. The van der Waals surface area contributed by atoms with Crippen molar-refractivity contribution < 1.29 is 19.2 Å². The smallest absolute Gasteiger partial charge is 0.144 e. The highest BCUT2D eigenvalue weighted by Crippen LogP contribution is 2.33. The van der Waals surface area contributed by atoms with Gasteiger partial charge < -0.3 is 0 Å². The second-order valence-corrected chi connectivity index (χ2v) is 3.98. The molecular formula is C10H10O4. The van der Waals surface area contributed by atoms with Crippen molar-refractivity contribution in [3.63, 3.8) is 0 Å². The van der Waals surface area contributed by atoms with Gasteiger partial charge in [-0.2, -0.15) is 0 Å². The van der Waals surface area contributed by atoms with Gasteiger partial charge in [0.2, 0.25) is 0 Å². The van der Waals surface area contributed by atoms with E-state index in [1.807, 2.05) is 0 Å². The minimum absolute atomic E-state index is 0.0529. The van der Waals surface area contributed by atoms with Gasteiger partial charge in [-0.3, -0.25) is 19.2 Å². The fourth-order valence-corrected chi connectivity index (χ4v) is 2.25. The Hall–Kier alpha value is -1.32. The Labute approximate surface area is 80.7 Å². The molecule has 0 spiro atoms. The Kier molecular flexibility index (Phi) is 2.06. The van der Waals surface area contributed by atoms with Crippen molar-refractivity contribution in [3.05, 3.63) is 0 Å². The predicted octanol–water partition coefficient (Wildman–Crippen LogP) is 0.0828. The van der Waals surface area contributed by atoms with Gasteiger partial charge in [0.15, 0.2) is 0 Å². The molecular weight excluding hydrogens is 184 g/mol. The molecule has 0 saturated heterocycles. The molecule has 2 unspecified atom stereocenters. The summed E-state index contributed by atoms with van der Waals surface area (Å²) in [6.45, 7) is 0. The molecule has 0 amide bonds. The van der Waals surface area contributed by atoms with Crippen LogP contribution in [0, 0.1) is 11.8 Å². The number of rotatable bonds is 1. The molecule has 4 heteroatoms.